The zero-order chi connectivity index (χ0) is 9.84. The van der Waals surface area contributed by atoms with Crippen LogP contribution < -0.4 is 0 Å². The molecule has 0 N–H and O–H groups in total. The molecule has 0 amide bonds. The highest BCUT2D eigenvalue weighted by molar-refractivity contribution is 6.66. The lowest BCUT2D eigenvalue weighted by Gasteiger charge is -1.99. The lowest BCUT2D eigenvalue weighted by Crippen LogP contribution is -1.82. The maximum Gasteiger partial charge on any atom is 0.245 e. The summed E-state index contributed by atoms with van der Waals surface area (Å²) in [4.78, 5) is 10.4. The van der Waals surface area contributed by atoms with Gasteiger partial charge < -0.3 is 0 Å². The van der Waals surface area contributed by atoms with Gasteiger partial charge in [0.25, 0.3) is 0 Å². The fourth-order valence-corrected chi connectivity index (χ4v) is 1.09. The summed E-state index contributed by atoms with van der Waals surface area (Å²) in [5, 5.41) is -0.446. The molecule has 13 heavy (non-hydrogen) atoms. The predicted octanol–water partition coefficient (Wildman–Crippen LogP) is 3.08. The Kier molecular flexibility index (Phi) is 3.26. The SMILES string of the molecule is Cc1ccc(C=CC(=O)Cl)cc1C. The molecule has 0 aliphatic heterocycles. The molecular weight excluding hydrogens is 184 g/mol. The Morgan fingerprint density at radius 3 is 2.54 bits per heavy atom. The van der Waals surface area contributed by atoms with Crippen LogP contribution in [0.2, 0.25) is 0 Å². The molecule has 1 rings (SSSR count). The van der Waals surface area contributed by atoms with Gasteiger partial charge in [-0.1, -0.05) is 24.3 Å². The van der Waals surface area contributed by atoms with E-state index in [1.807, 2.05) is 25.1 Å². The van der Waals surface area contributed by atoms with Gasteiger partial charge in [0.2, 0.25) is 5.24 Å². The lowest BCUT2D eigenvalue weighted by atomic mass is 10.1. The zero-order valence-electron chi connectivity index (χ0n) is 7.67. The largest absolute Gasteiger partial charge is 0.276 e. The van der Waals surface area contributed by atoms with Gasteiger partial charge >= 0.3 is 0 Å². The standard InChI is InChI=1S/C11H11ClO/c1-8-3-4-10(7-9(8)2)5-6-11(12)13/h3-7H,1-2H3. The molecule has 2 heteroatoms. The van der Waals surface area contributed by atoms with Gasteiger partial charge in [-0.15, -0.1) is 0 Å². The van der Waals surface area contributed by atoms with Gasteiger partial charge in [-0.25, -0.2) is 0 Å². The van der Waals surface area contributed by atoms with Crippen LogP contribution in [0.1, 0.15) is 16.7 Å². The Hall–Kier alpha value is -1.08. The first-order chi connectivity index (χ1) is 6.09. The number of benzene rings is 1. The summed E-state index contributed by atoms with van der Waals surface area (Å²) >= 11 is 5.17. The molecule has 0 radical (unpaired) electrons. The van der Waals surface area contributed by atoms with Crippen LogP contribution in [0.4, 0.5) is 0 Å². The highest BCUT2D eigenvalue weighted by atomic mass is 35.5. The van der Waals surface area contributed by atoms with E-state index in [1.54, 1.807) is 6.08 Å². The summed E-state index contributed by atoms with van der Waals surface area (Å²) < 4.78 is 0. The van der Waals surface area contributed by atoms with Gasteiger partial charge in [0.1, 0.15) is 0 Å². The van der Waals surface area contributed by atoms with Crippen LogP contribution in [0.15, 0.2) is 24.3 Å². The van der Waals surface area contributed by atoms with Crippen LogP contribution in [0.25, 0.3) is 6.08 Å². The van der Waals surface area contributed by atoms with E-state index in [-0.39, 0.29) is 0 Å². The van der Waals surface area contributed by atoms with Gasteiger partial charge in [-0.3, -0.25) is 4.79 Å². The Bertz CT molecular complexity index is 353. The molecule has 68 valence electrons. The summed E-state index contributed by atoms with van der Waals surface area (Å²) in [5.41, 5.74) is 3.45. The van der Waals surface area contributed by atoms with Crippen molar-refractivity contribution in [1.29, 1.82) is 0 Å². The molecule has 1 aromatic carbocycles. The molecule has 0 heterocycles. The van der Waals surface area contributed by atoms with Crippen LogP contribution in [0, 0.1) is 13.8 Å². The average Bonchev–Trinajstić information content (AvgIpc) is 2.07. The number of carbonyl (C=O) groups is 1. The maximum atomic E-state index is 10.4. The fourth-order valence-electron chi connectivity index (χ4n) is 1.03. The number of hydrogen-bond donors (Lipinski definition) is 0. The second-order valence-corrected chi connectivity index (χ2v) is 3.35. The van der Waals surface area contributed by atoms with E-state index in [4.69, 9.17) is 11.6 Å². The van der Waals surface area contributed by atoms with E-state index < -0.39 is 5.24 Å². The van der Waals surface area contributed by atoms with E-state index >= 15 is 0 Å². The normalized spacial score (nSPS) is 10.7. The number of hydrogen-bond acceptors (Lipinski definition) is 1. The Morgan fingerprint density at radius 1 is 1.31 bits per heavy atom. The summed E-state index contributed by atoms with van der Waals surface area (Å²) in [6.07, 6.45) is 3.06. The second kappa shape index (κ2) is 4.24. The van der Waals surface area contributed by atoms with E-state index in [1.165, 1.54) is 17.2 Å². The third-order valence-electron chi connectivity index (χ3n) is 1.94. The highest BCUT2D eigenvalue weighted by Crippen LogP contribution is 2.11. The van der Waals surface area contributed by atoms with Crippen LogP contribution >= 0.6 is 11.6 Å². The zero-order valence-corrected chi connectivity index (χ0v) is 8.43. The summed E-state index contributed by atoms with van der Waals surface area (Å²) in [7, 11) is 0. The molecule has 0 saturated carbocycles. The minimum atomic E-state index is -0.446. The van der Waals surface area contributed by atoms with Gasteiger partial charge in [0, 0.05) is 0 Å². The number of rotatable bonds is 2. The van der Waals surface area contributed by atoms with Gasteiger partial charge in [0.15, 0.2) is 0 Å². The molecule has 0 spiro atoms. The first-order valence-electron chi connectivity index (χ1n) is 4.04. The van der Waals surface area contributed by atoms with Crippen molar-refractivity contribution in [2.45, 2.75) is 13.8 Å². The minimum Gasteiger partial charge on any atom is -0.276 e. The average molecular weight is 195 g/mol. The summed E-state index contributed by atoms with van der Waals surface area (Å²) in [6, 6.07) is 6.00. The number of carbonyl (C=O) groups excluding carboxylic acids is 1. The van der Waals surface area contributed by atoms with Crippen molar-refractivity contribution in [3.63, 3.8) is 0 Å². The molecular formula is C11H11ClO. The first kappa shape index (κ1) is 10.0. The quantitative estimate of drug-likeness (QED) is 0.523. The van der Waals surface area contributed by atoms with Crippen LogP contribution in [-0.2, 0) is 4.79 Å². The highest BCUT2D eigenvalue weighted by Gasteiger charge is 1.93. The van der Waals surface area contributed by atoms with Crippen LogP contribution in [-0.4, -0.2) is 5.24 Å². The van der Waals surface area contributed by atoms with Crippen molar-refractivity contribution in [3.8, 4) is 0 Å². The van der Waals surface area contributed by atoms with Crippen molar-refractivity contribution in [3.05, 3.63) is 41.0 Å². The molecule has 0 aromatic heterocycles. The molecule has 0 fully saturated rings. The number of aryl methyl sites for hydroxylation is 2. The Labute approximate surface area is 83.0 Å². The van der Waals surface area contributed by atoms with Crippen molar-refractivity contribution in [1.82, 2.24) is 0 Å². The maximum absolute atomic E-state index is 10.4. The van der Waals surface area contributed by atoms with Crippen molar-refractivity contribution < 1.29 is 4.79 Å². The van der Waals surface area contributed by atoms with Gasteiger partial charge in [-0.2, -0.15) is 0 Å². The lowest BCUT2D eigenvalue weighted by molar-refractivity contribution is -0.107. The van der Waals surface area contributed by atoms with E-state index in [0.29, 0.717) is 0 Å². The van der Waals surface area contributed by atoms with Gasteiger partial charge in [-0.05, 0) is 48.2 Å². The Morgan fingerprint density at radius 2 is 2.00 bits per heavy atom. The van der Waals surface area contributed by atoms with Crippen molar-refractivity contribution >= 4 is 22.9 Å². The summed E-state index contributed by atoms with van der Waals surface area (Å²) in [5.74, 6) is 0. The van der Waals surface area contributed by atoms with Crippen LogP contribution in [0.5, 0.6) is 0 Å². The smallest absolute Gasteiger partial charge is 0.245 e. The van der Waals surface area contributed by atoms with E-state index in [0.717, 1.165) is 5.56 Å². The third kappa shape index (κ3) is 3.03. The molecule has 0 aliphatic rings. The van der Waals surface area contributed by atoms with Gasteiger partial charge in [0.05, 0.1) is 0 Å². The minimum absolute atomic E-state index is 0.446. The second-order valence-electron chi connectivity index (χ2n) is 2.98. The summed E-state index contributed by atoms with van der Waals surface area (Å²) in [6.45, 7) is 4.09. The predicted molar refractivity (Wildman–Crippen MR) is 55.8 cm³/mol. The van der Waals surface area contributed by atoms with Crippen molar-refractivity contribution in [2.75, 3.05) is 0 Å². The van der Waals surface area contributed by atoms with E-state index in [2.05, 4.69) is 6.92 Å². The molecule has 0 saturated heterocycles. The van der Waals surface area contributed by atoms with Crippen molar-refractivity contribution in [2.24, 2.45) is 0 Å². The fraction of sp³-hybridized carbons (Fsp3) is 0.182. The monoisotopic (exact) mass is 194 g/mol. The third-order valence-corrected chi connectivity index (χ3v) is 2.06. The topological polar surface area (TPSA) is 17.1 Å². The molecule has 1 aromatic rings. The first-order valence-corrected chi connectivity index (χ1v) is 4.42. The Balaban J connectivity index is 2.92. The molecule has 1 nitrogen and oxygen atoms in total. The molecule has 0 aliphatic carbocycles. The number of allylic oxidation sites excluding steroid dienone is 1. The van der Waals surface area contributed by atoms with Crippen LogP contribution in [0.3, 0.4) is 0 Å². The van der Waals surface area contributed by atoms with E-state index in [9.17, 15) is 4.79 Å². The molecule has 0 unspecified atom stereocenters. The molecule has 0 bridgehead atoms. The molecule has 0 atom stereocenters. The number of halogens is 1.